The number of amides is 1. The van der Waals surface area contributed by atoms with Crippen LogP contribution in [0.4, 0.5) is 10.5 Å². The van der Waals surface area contributed by atoms with Gasteiger partial charge in [0.2, 0.25) is 0 Å². The van der Waals surface area contributed by atoms with Crippen molar-refractivity contribution in [3.63, 3.8) is 0 Å². The Bertz CT molecular complexity index is 821. The van der Waals surface area contributed by atoms with E-state index in [4.69, 9.17) is 4.74 Å². The summed E-state index contributed by atoms with van der Waals surface area (Å²) in [7, 11) is 0. The molecule has 1 unspecified atom stereocenters. The maximum atomic E-state index is 12.4. The molecule has 1 heterocycles. The lowest BCUT2D eigenvalue weighted by atomic mass is 9.87. The summed E-state index contributed by atoms with van der Waals surface area (Å²) in [5, 5.41) is 21.4. The second-order valence-corrected chi connectivity index (χ2v) is 5.74. The van der Waals surface area contributed by atoms with Crippen molar-refractivity contribution in [2.24, 2.45) is 0 Å². The number of phenols is 1. The number of benzene rings is 2. The minimum Gasteiger partial charge on any atom is -0.508 e. The van der Waals surface area contributed by atoms with Crippen LogP contribution in [0.3, 0.4) is 0 Å². The Morgan fingerprint density at radius 1 is 1.32 bits per heavy atom. The SMILES string of the molecule is CCOC(=O)N1CCc2ccc([N+](=O)[O-])cc2C1c1ccccc1O. The van der Waals surface area contributed by atoms with E-state index < -0.39 is 17.1 Å². The van der Waals surface area contributed by atoms with Crippen LogP contribution >= 0.6 is 0 Å². The molecule has 7 heteroatoms. The van der Waals surface area contributed by atoms with Crippen LogP contribution in [0.25, 0.3) is 0 Å². The fourth-order valence-corrected chi connectivity index (χ4v) is 3.17. The molecular formula is C18H18N2O5. The lowest BCUT2D eigenvalue weighted by Crippen LogP contribution is -2.41. The molecule has 0 bridgehead atoms. The van der Waals surface area contributed by atoms with Crippen LogP contribution in [0.1, 0.15) is 29.7 Å². The molecule has 1 N–H and O–H groups in total. The van der Waals surface area contributed by atoms with Gasteiger partial charge in [0.25, 0.3) is 5.69 Å². The number of rotatable bonds is 3. The topological polar surface area (TPSA) is 92.9 Å². The zero-order chi connectivity index (χ0) is 18.0. The Hall–Kier alpha value is -3.09. The van der Waals surface area contributed by atoms with Gasteiger partial charge in [0.1, 0.15) is 5.75 Å². The van der Waals surface area contributed by atoms with E-state index in [1.165, 1.54) is 23.1 Å². The molecular weight excluding hydrogens is 324 g/mol. The van der Waals surface area contributed by atoms with Crippen LogP contribution < -0.4 is 0 Å². The van der Waals surface area contributed by atoms with Crippen LogP contribution in [0.2, 0.25) is 0 Å². The Kier molecular flexibility index (Phi) is 4.56. The van der Waals surface area contributed by atoms with Crippen LogP contribution in [-0.2, 0) is 11.2 Å². The highest BCUT2D eigenvalue weighted by Crippen LogP contribution is 2.40. The summed E-state index contributed by atoms with van der Waals surface area (Å²) in [5.74, 6) is 0.0288. The van der Waals surface area contributed by atoms with E-state index in [-0.39, 0.29) is 18.0 Å². The summed E-state index contributed by atoms with van der Waals surface area (Å²) in [5.41, 5.74) is 2.01. The zero-order valence-corrected chi connectivity index (χ0v) is 13.7. The number of carbonyl (C=O) groups is 1. The maximum Gasteiger partial charge on any atom is 0.410 e. The number of nitro benzene ring substituents is 1. The minimum atomic E-state index is -0.635. The van der Waals surface area contributed by atoms with Gasteiger partial charge in [-0.1, -0.05) is 24.3 Å². The third-order valence-corrected chi connectivity index (χ3v) is 4.30. The Morgan fingerprint density at radius 2 is 2.08 bits per heavy atom. The van der Waals surface area contributed by atoms with E-state index in [1.54, 1.807) is 31.2 Å². The second-order valence-electron chi connectivity index (χ2n) is 5.74. The summed E-state index contributed by atoms with van der Waals surface area (Å²) in [6, 6.07) is 10.7. The van der Waals surface area contributed by atoms with Crippen molar-refractivity contribution in [1.82, 2.24) is 4.90 Å². The average molecular weight is 342 g/mol. The van der Waals surface area contributed by atoms with Crippen molar-refractivity contribution in [2.45, 2.75) is 19.4 Å². The molecule has 0 aromatic heterocycles. The van der Waals surface area contributed by atoms with E-state index >= 15 is 0 Å². The minimum absolute atomic E-state index is 0.0288. The van der Waals surface area contributed by atoms with Gasteiger partial charge in [0.05, 0.1) is 17.6 Å². The van der Waals surface area contributed by atoms with E-state index in [0.717, 1.165) is 5.56 Å². The van der Waals surface area contributed by atoms with Gasteiger partial charge >= 0.3 is 6.09 Å². The van der Waals surface area contributed by atoms with Gasteiger partial charge in [0.15, 0.2) is 0 Å². The highest BCUT2D eigenvalue weighted by Gasteiger charge is 2.35. The summed E-state index contributed by atoms with van der Waals surface area (Å²) >= 11 is 0. The number of carbonyl (C=O) groups excluding carboxylic acids is 1. The summed E-state index contributed by atoms with van der Waals surface area (Å²) in [6.07, 6.45) is 0.0591. The molecule has 0 saturated carbocycles. The molecule has 130 valence electrons. The number of non-ortho nitro benzene ring substituents is 1. The van der Waals surface area contributed by atoms with E-state index in [1.807, 2.05) is 0 Å². The van der Waals surface area contributed by atoms with Crippen LogP contribution in [0, 0.1) is 10.1 Å². The number of fused-ring (bicyclic) bond motifs is 1. The average Bonchev–Trinajstić information content (AvgIpc) is 2.61. The van der Waals surface area contributed by atoms with Gasteiger partial charge in [0, 0.05) is 24.2 Å². The number of hydrogen-bond acceptors (Lipinski definition) is 5. The van der Waals surface area contributed by atoms with Gasteiger partial charge in [-0.25, -0.2) is 4.79 Å². The number of nitro groups is 1. The van der Waals surface area contributed by atoms with Crippen LogP contribution in [0.5, 0.6) is 5.75 Å². The monoisotopic (exact) mass is 342 g/mol. The molecule has 0 spiro atoms. The molecule has 0 fully saturated rings. The molecule has 1 aliphatic rings. The molecule has 1 atom stereocenters. The number of ether oxygens (including phenoxy) is 1. The fraction of sp³-hybridized carbons (Fsp3) is 0.278. The molecule has 2 aromatic rings. The van der Waals surface area contributed by atoms with Crippen molar-refractivity contribution in [2.75, 3.05) is 13.2 Å². The predicted octanol–water partition coefficient (Wildman–Crippen LogP) is 3.40. The molecule has 0 aliphatic carbocycles. The maximum absolute atomic E-state index is 12.4. The summed E-state index contributed by atoms with van der Waals surface area (Å²) in [4.78, 5) is 24.6. The third-order valence-electron chi connectivity index (χ3n) is 4.30. The number of aromatic hydroxyl groups is 1. The highest BCUT2D eigenvalue weighted by molar-refractivity contribution is 5.70. The zero-order valence-electron chi connectivity index (χ0n) is 13.7. The van der Waals surface area contributed by atoms with Crippen molar-refractivity contribution in [1.29, 1.82) is 0 Å². The first-order chi connectivity index (χ1) is 12.0. The first-order valence-electron chi connectivity index (χ1n) is 8.01. The summed E-state index contributed by atoms with van der Waals surface area (Å²) in [6.45, 7) is 2.35. The standard InChI is InChI=1S/C18H18N2O5/c1-2-25-18(22)19-10-9-12-7-8-13(20(23)24)11-15(12)17(19)14-5-3-4-6-16(14)21/h3-8,11,17,21H,2,9-10H2,1H3. The smallest absolute Gasteiger partial charge is 0.410 e. The van der Waals surface area contributed by atoms with E-state index in [0.29, 0.717) is 24.1 Å². The number of nitrogens with zero attached hydrogens (tertiary/aromatic N) is 2. The van der Waals surface area contributed by atoms with Crippen LogP contribution in [0.15, 0.2) is 42.5 Å². The molecule has 3 rings (SSSR count). The molecule has 1 aliphatic heterocycles. The van der Waals surface area contributed by atoms with Crippen molar-refractivity contribution in [3.05, 3.63) is 69.3 Å². The molecule has 1 amide bonds. The number of phenolic OH excluding ortho intramolecular Hbond substituents is 1. The van der Waals surface area contributed by atoms with Crippen molar-refractivity contribution < 1.29 is 19.6 Å². The lowest BCUT2D eigenvalue weighted by molar-refractivity contribution is -0.385. The normalized spacial score (nSPS) is 16.2. The Morgan fingerprint density at radius 3 is 2.76 bits per heavy atom. The first kappa shape index (κ1) is 16.8. The van der Waals surface area contributed by atoms with Gasteiger partial charge in [-0.3, -0.25) is 15.0 Å². The fourth-order valence-electron chi connectivity index (χ4n) is 3.17. The second kappa shape index (κ2) is 6.80. The molecule has 0 saturated heterocycles. The largest absolute Gasteiger partial charge is 0.508 e. The van der Waals surface area contributed by atoms with E-state index in [2.05, 4.69) is 0 Å². The van der Waals surface area contributed by atoms with Gasteiger partial charge < -0.3 is 9.84 Å². The Balaban J connectivity index is 2.16. The highest BCUT2D eigenvalue weighted by atomic mass is 16.6. The third kappa shape index (κ3) is 3.13. The summed E-state index contributed by atoms with van der Waals surface area (Å²) < 4.78 is 5.14. The molecule has 0 radical (unpaired) electrons. The van der Waals surface area contributed by atoms with Gasteiger partial charge in [-0.05, 0) is 30.5 Å². The van der Waals surface area contributed by atoms with Gasteiger partial charge in [-0.15, -0.1) is 0 Å². The van der Waals surface area contributed by atoms with Crippen molar-refractivity contribution in [3.8, 4) is 5.75 Å². The Labute approximate surface area is 144 Å². The molecule has 25 heavy (non-hydrogen) atoms. The quantitative estimate of drug-likeness (QED) is 0.681. The number of para-hydroxylation sites is 1. The first-order valence-corrected chi connectivity index (χ1v) is 8.01. The molecule has 7 nitrogen and oxygen atoms in total. The molecule has 2 aromatic carbocycles. The lowest BCUT2D eigenvalue weighted by Gasteiger charge is -2.36. The van der Waals surface area contributed by atoms with Gasteiger partial charge in [-0.2, -0.15) is 0 Å². The van der Waals surface area contributed by atoms with E-state index in [9.17, 15) is 20.0 Å². The van der Waals surface area contributed by atoms with Crippen LogP contribution in [-0.4, -0.2) is 34.2 Å². The predicted molar refractivity (Wildman–Crippen MR) is 90.5 cm³/mol. The van der Waals surface area contributed by atoms with Crippen molar-refractivity contribution >= 4 is 11.8 Å². The number of hydrogen-bond donors (Lipinski definition) is 1.